The van der Waals surface area contributed by atoms with Crippen LogP contribution in [-0.4, -0.2) is 18.0 Å². The molecule has 1 aromatic carbocycles. The number of hydrogen-bond donors (Lipinski definition) is 2. The van der Waals surface area contributed by atoms with E-state index in [4.69, 9.17) is 0 Å². The van der Waals surface area contributed by atoms with E-state index in [1.54, 1.807) is 0 Å². The monoisotopic (exact) mass is 294 g/mol. The Labute approximate surface area is 109 Å². The van der Waals surface area contributed by atoms with Crippen LogP contribution in [0.3, 0.4) is 0 Å². The largest absolute Gasteiger partial charge is 0.346 e. The van der Waals surface area contributed by atoms with Crippen molar-refractivity contribution in [3.8, 4) is 0 Å². The fourth-order valence-corrected chi connectivity index (χ4v) is 3.05. The van der Waals surface area contributed by atoms with Gasteiger partial charge in [0.15, 0.2) is 0 Å². The molecule has 0 aromatic heterocycles. The maximum atomic E-state index is 11.9. The minimum absolute atomic E-state index is 0.0879. The molecule has 1 atom stereocenters. The van der Waals surface area contributed by atoms with Crippen LogP contribution in [0, 0.1) is 6.92 Å². The van der Waals surface area contributed by atoms with Crippen LogP contribution >= 0.6 is 15.9 Å². The van der Waals surface area contributed by atoms with E-state index in [1.807, 2.05) is 0 Å². The average Bonchev–Trinajstić information content (AvgIpc) is 3.02. The highest BCUT2D eigenvalue weighted by Crippen LogP contribution is 2.38. The summed E-state index contributed by atoms with van der Waals surface area (Å²) < 4.78 is 1.06. The number of aryl methyl sites for hydroxylation is 1. The second-order valence-electron chi connectivity index (χ2n) is 5.05. The molecule has 2 aliphatic rings. The van der Waals surface area contributed by atoms with Crippen molar-refractivity contribution in [2.75, 3.05) is 6.54 Å². The molecule has 1 spiro atoms. The normalized spacial score (nSPS) is 25.8. The standard InChI is InChI=1S/C13H15BrN2O/c1-8-4-9(6-10(14)5-8)11-7-15-13(2-3-13)12(17)16-11/h4-6,11,15H,2-3,7H2,1H3,(H,16,17). The molecule has 1 unspecified atom stereocenters. The summed E-state index contributed by atoms with van der Waals surface area (Å²) in [4.78, 5) is 11.9. The molecule has 0 bridgehead atoms. The number of carbonyl (C=O) groups is 1. The smallest absolute Gasteiger partial charge is 0.240 e. The second kappa shape index (κ2) is 3.82. The summed E-state index contributed by atoms with van der Waals surface area (Å²) in [5.41, 5.74) is 2.14. The lowest BCUT2D eigenvalue weighted by molar-refractivity contribution is -0.126. The first kappa shape index (κ1) is 11.2. The summed E-state index contributed by atoms with van der Waals surface area (Å²) in [6.45, 7) is 2.89. The van der Waals surface area contributed by atoms with Gasteiger partial charge in [-0.25, -0.2) is 0 Å². The summed E-state index contributed by atoms with van der Waals surface area (Å²) in [5.74, 6) is 0.159. The zero-order chi connectivity index (χ0) is 12.0. The van der Waals surface area contributed by atoms with E-state index in [9.17, 15) is 4.79 Å². The van der Waals surface area contributed by atoms with E-state index in [-0.39, 0.29) is 17.5 Å². The van der Waals surface area contributed by atoms with Crippen molar-refractivity contribution in [1.82, 2.24) is 10.6 Å². The SMILES string of the molecule is Cc1cc(Br)cc(C2CNC3(CC3)C(=O)N2)c1. The van der Waals surface area contributed by atoms with Crippen LogP contribution in [0.5, 0.6) is 0 Å². The predicted molar refractivity (Wildman–Crippen MR) is 69.7 cm³/mol. The summed E-state index contributed by atoms with van der Waals surface area (Å²) in [5, 5.41) is 6.50. The van der Waals surface area contributed by atoms with E-state index in [0.717, 1.165) is 29.4 Å². The molecule has 0 radical (unpaired) electrons. The molecular weight excluding hydrogens is 280 g/mol. The summed E-state index contributed by atoms with van der Waals surface area (Å²) in [7, 11) is 0. The van der Waals surface area contributed by atoms with Crippen molar-refractivity contribution in [3.63, 3.8) is 0 Å². The van der Waals surface area contributed by atoms with Gasteiger partial charge in [0.2, 0.25) is 5.91 Å². The van der Waals surface area contributed by atoms with Crippen molar-refractivity contribution in [3.05, 3.63) is 33.8 Å². The summed E-state index contributed by atoms with van der Waals surface area (Å²) in [6, 6.07) is 6.36. The fraction of sp³-hybridized carbons (Fsp3) is 0.462. The highest BCUT2D eigenvalue weighted by atomic mass is 79.9. The second-order valence-corrected chi connectivity index (χ2v) is 5.97. The topological polar surface area (TPSA) is 41.1 Å². The number of carbonyl (C=O) groups excluding carboxylic acids is 1. The first-order valence-corrected chi connectivity index (χ1v) is 6.71. The lowest BCUT2D eigenvalue weighted by atomic mass is 10.0. The molecular formula is C13H15BrN2O. The highest BCUT2D eigenvalue weighted by molar-refractivity contribution is 9.10. The molecule has 1 aromatic rings. The zero-order valence-corrected chi connectivity index (χ0v) is 11.3. The van der Waals surface area contributed by atoms with Crippen LogP contribution in [0.15, 0.2) is 22.7 Å². The van der Waals surface area contributed by atoms with Gasteiger partial charge in [-0.05, 0) is 43.0 Å². The van der Waals surface area contributed by atoms with Crippen molar-refractivity contribution in [2.24, 2.45) is 0 Å². The number of amides is 1. The van der Waals surface area contributed by atoms with Crippen molar-refractivity contribution in [1.29, 1.82) is 0 Å². The lowest BCUT2D eigenvalue weighted by Gasteiger charge is -2.31. The van der Waals surface area contributed by atoms with Crippen LogP contribution in [0.2, 0.25) is 0 Å². The lowest BCUT2D eigenvalue weighted by Crippen LogP contribution is -2.56. The third-order valence-electron chi connectivity index (χ3n) is 3.60. The number of piperazine rings is 1. The quantitative estimate of drug-likeness (QED) is 0.832. The average molecular weight is 295 g/mol. The van der Waals surface area contributed by atoms with Crippen LogP contribution < -0.4 is 10.6 Å². The molecule has 3 rings (SSSR count). The van der Waals surface area contributed by atoms with Gasteiger partial charge in [0.25, 0.3) is 0 Å². The van der Waals surface area contributed by atoms with E-state index in [2.05, 4.69) is 51.7 Å². The first-order valence-electron chi connectivity index (χ1n) is 5.92. The van der Waals surface area contributed by atoms with E-state index >= 15 is 0 Å². The molecule has 1 saturated carbocycles. The van der Waals surface area contributed by atoms with E-state index in [1.165, 1.54) is 5.56 Å². The van der Waals surface area contributed by atoms with Gasteiger partial charge in [0.1, 0.15) is 0 Å². The van der Waals surface area contributed by atoms with E-state index in [0.29, 0.717) is 0 Å². The third-order valence-corrected chi connectivity index (χ3v) is 4.06. The Morgan fingerprint density at radius 2 is 2.12 bits per heavy atom. The van der Waals surface area contributed by atoms with Gasteiger partial charge in [0, 0.05) is 11.0 Å². The van der Waals surface area contributed by atoms with Crippen molar-refractivity contribution in [2.45, 2.75) is 31.3 Å². The molecule has 90 valence electrons. The fourth-order valence-electron chi connectivity index (χ4n) is 2.42. The third kappa shape index (κ3) is 2.00. The predicted octanol–water partition coefficient (Wildman–Crippen LogP) is 2.05. The molecule has 1 heterocycles. The zero-order valence-electron chi connectivity index (χ0n) is 9.72. The van der Waals surface area contributed by atoms with Crippen LogP contribution in [0.1, 0.15) is 30.0 Å². The van der Waals surface area contributed by atoms with Gasteiger partial charge in [-0.15, -0.1) is 0 Å². The minimum Gasteiger partial charge on any atom is -0.346 e. The van der Waals surface area contributed by atoms with Gasteiger partial charge in [-0.1, -0.05) is 22.0 Å². The number of halogens is 1. The molecule has 1 amide bonds. The summed E-state index contributed by atoms with van der Waals surface area (Å²) in [6.07, 6.45) is 1.95. The molecule has 2 N–H and O–H groups in total. The molecule has 2 fully saturated rings. The summed E-state index contributed by atoms with van der Waals surface area (Å²) >= 11 is 3.50. The highest BCUT2D eigenvalue weighted by Gasteiger charge is 2.52. The molecule has 1 saturated heterocycles. The van der Waals surface area contributed by atoms with Crippen LogP contribution in [0.25, 0.3) is 0 Å². The Hall–Kier alpha value is -0.870. The maximum absolute atomic E-state index is 11.9. The molecule has 4 heteroatoms. The van der Waals surface area contributed by atoms with Crippen LogP contribution in [-0.2, 0) is 4.79 Å². The Morgan fingerprint density at radius 1 is 1.35 bits per heavy atom. The first-order chi connectivity index (χ1) is 8.09. The van der Waals surface area contributed by atoms with Gasteiger partial charge in [0.05, 0.1) is 11.6 Å². The number of benzene rings is 1. The minimum atomic E-state index is -0.225. The number of nitrogens with one attached hydrogen (secondary N) is 2. The van der Waals surface area contributed by atoms with Gasteiger partial charge in [-0.2, -0.15) is 0 Å². The van der Waals surface area contributed by atoms with Crippen molar-refractivity contribution < 1.29 is 4.79 Å². The Kier molecular flexibility index (Phi) is 2.52. The van der Waals surface area contributed by atoms with Crippen LogP contribution in [0.4, 0.5) is 0 Å². The molecule has 17 heavy (non-hydrogen) atoms. The van der Waals surface area contributed by atoms with E-state index < -0.39 is 0 Å². The van der Waals surface area contributed by atoms with Crippen molar-refractivity contribution >= 4 is 21.8 Å². The number of rotatable bonds is 1. The van der Waals surface area contributed by atoms with Gasteiger partial charge >= 0.3 is 0 Å². The Bertz CT molecular complexity index is 462. The van der Waals surface area contributed by atoms with Gasteiger partial charge in [-0.3, -0.25) is 4.79 Å². The Balaban J connectivity index is 1.83. The Morgan fingerprint density at radius 3 is 2.71 bits per heavy atom. The molecule has 3 nitrogen and oxygen atoms in total. The number of hydrogen-bond acceptors (Lipinski definition) is 2. The maximum Gasteiger partial charge on any atom is 0.240 e. The molecule has 1 aliphatic heterocycles. The van der Waals surface area contributed by atoms with Gasteiger partial charge < -0.3 is 10.6 Å². The molecule has 1 aliphatic carbocycles.